The van der Waals surface area contributed by atoms with Crippen LogP contribution in [0.3, 0.4) is 0 Å². The highest BCUT2D eigenvalue weighted by atomic mass is 16.3. The second kappa shape index (κ2) is 7.79. The lowest BCUT2D eigenvalue weighted by Crippen LogP contribution is -2.50. The van der Waals surface area contributed by atoms with E-state index in [-0.39, 0.29) is 11.5 Å². The fourth-order valence-corrected chi connectivity index (χ4v) is 8.60. The van der Waals surface area contributed by atoms with Crippen molar-refractivity contribution >= 4 is 0 Å². The van der Waals surface area contributed by atoms with Gasteiger partial charge < -0.3 is 5.11 Å². The highest BCUT2D eigenvalue weighted by Crippen LogP contribution is 2.67. The SMILES string of the molecule is C=C(CC[C@@H](C)[C@H]1CC[C@H]2[C@@H]3CC=C4C[C@@H](O)CC[C@]4(C)[C@H]3CC[C@]12C)C(C)(C)C. The molecule has 0 saturated heterocycles. The number of aliphatic hydroxyl groups is 1. The molecule has 0 amide bonds. The molecule has 30 heavy (non-hydrogen) atoms. The van der Waals surface area contributed by atoms with Crippen molar-refractivity contribution in [3.8, 4) is 0 Å². The molecule has 0 aromatic rings. The first-order valence-corrected chi connectivity index (χ1v) is 13.0. The quantitative estimate of drug-likeness (QED) is 0.464. The molecular weight excluding hydrogens is 364 g/mol. The van der Waals surface area contributed by atoms with E-state index >= 15 is 0 Å². The van der Waals surface area contributed by atoms with Gasteiger partial charge in [0, 0.05) is 0 Å². The third-order valence-electron chi connectivity index (χ3n) is 10.8. The lowest BCUT2D eigenvalue weighted by atomic mass is 9.47. The van der Waals surface area contributed by atoms with E-state index in [1.807, 2.05) is 0 Å². The van der Waals surface area contributed by atoms with E-state index in [2.05, 4.69) is 54.2 Å². The van der Waals surface area contributed by atoms with Gasteiger partial charge in [-0.25, -0.2) is 0 Å². The second-order valence-corrected chi connectivity index (χ2v) is 13.3. The summed E-state index contributed by atoms with van der Waals surface area (Å²) in [6.07, 6.45) is 15.2. The molecule has 0 unspecified atom stereocenters. The van der Waals surface area contributed by atoms with Crippen molar-refractivity contribution in [3.63, 3.8) is 0 Å². The highest BCUT2D eigenvalue weighted by Gasteiger charge is 2.59. The number of allylic oxidation sites excluding steroid dienone is 2. The molecule has 1 nitrogen and oxygen atoms in total. The minimum absolute atomic E-state index is 0.0886. The maximum Gasteiger partial charge on any atom is 0.0577 e. The van der Waals surface area contributed by atoms with Crippen molar-refractivity contribution in [2.45, 2.75) is 112 Å². The van der Waals surface area contributed by atoms with E-state index in [4.69, 9.17) is 0 Å². The van der Waals surface area contributed by atoms with Crippen LogP contribution in [0.1, 0.15) is 106 Å². The van der Waals surface area contributed by atoms with Crippen LogP contribution in [0.4, 0.5) is 0 Å². The average molecular weight is 413 g/mol. The van der Waals surface area contributed by atoms with Gasteiger partial charge in [-0.15, -0.1) is 0 Å². The predicted molar refractivity (Wildman–Crippen MR) is 128 cm³/mol. The summed E-state index contributed by atoms with van der Waals surface area (Å²) < 4.78 is 0. The van der Waals surface area contributed by atoms with Gasteiger partial charge in [-0.3, -0.25) is 0 Å². The van der Waals surface area contributed by atoms with Crippen LogP contribution in [0.5, 0.6) is 0 Å². The zero-order valence-electron chi connectivity index (χ0n) is 20.8. The largest absolute Gasteiger partial charge is 0.393 e. The molecule has 170 valence electrons. The van der Waals surface area contributed by atoms with Crippen LogP contribution < -0.4 is 0 Å². The molecule has 0 bridgehead atoms. The molecule has 4 aliphatic carbocycles. The molecule has 3 saturated carbocycles. The van der Waals surface area contributed by atoms with Crippen molar-refractivity contribution < 1.29 is 5.11 Å². The zero-order chi connectivity index (χ0) is 21.9. The van der Waals surface area contributed by atoms with Crippen molar-refractivity contribution in [2.24, 2.45) is 45.8 Å². The zero-order valence-corrected chi connectivity index (χ0v) is 20.8. The molecule has 3 fully saturated rings. The molecule has 0 spiro atoms. The fourth-order valence-electron chi connectivity index (χ4n) is 8.60. The number of rotatable bonds is 4. The molecule has 0 heterocycles. The number of hydrogen-bond acceptors (Lipinski definition) is 1. The third-order valence-corrected chi connectivity index (χ3v) is 10.8. The Labute approximate surface area is 186 Å². The number of hydrogen-bond donors (Lipinski definition) is 1. The Morgan fingerprint density at radius 1 is 1.13 bits per heavy atom. The smallest absolute Gasteiger partial charge is 0.0577 e. The summed E-state index contributed by atoms with van der Waals surface area (Å²) in [5.41, 5.74) is 4.19. The maximum absolute atomic E-state index is 10.2. The number of aliphatic hydroxyl groups excluding tert-OH is 1. The van der Waals surface area contributed by atoms with Gasteiger partial charge in [0.1, 0.15) is 0 Å². The Morgan fingerprint density at radius 2 is 1.87 bits per heavy atom. The molecule has 1 N–H and O–H groups in total. The van der Waals surface area contributed by atoms with Crippen molar-refractivity contribution in [1.29, 1.82) is 0 Å². The Morgan fingerprint density at radius 3 is 2.57 bits per heavy atom. The van der Waals surface area contributed by atoms with Crippen LogP contribution in [0, 0.1) is 45.8 Å². The molecule has 4 aliphatic rings. The van der Waals surface area contributed by atoms with E-state index < -0.39 is 0 Å². The van der Waals surface area contributed by atoms with Crippen LogP contribution in [0.25, 0.3) is 0 Å². The van der Waals surface area contributed by atoms with Gasteiger partial charge in [0.25, 0.3) is 0 Å². The molecule has 1 heteroatoms. The Hall–Kier alpha value is -0.560. The standard InChI is InChI=1S/C29H48O/c1-19(8-9-20(2)27(3,4)5)24-12-13-25-23-11-10-21-18-22(30)14-16-28(21,6)26(23)15-17-29(24,25)7/h10,19,22-26,30H,2,8-9,11-18H2,1,3-7H3/t19-,22+,23+,24-,25+,26+,28+,29-/m1/s1. The topological polar surface area (TPSA) is 20.2 Å². The van der Waals surface area contributed by atoms with Crippen LogP contribution >= 0.6 is 0 Å². The predicted octanol–water partition coefficient (Wildman–Crippen LogP) is 7.94. The van der Waals surface area contributed by atoms with Gasteiger partial charge in [-0.1, -0.05) is 65.3 Å². The first-order valence-electron chi connectivity index (χ1n) is 13.0. The Kier molecular flexibility index (Phi) is 5.87. The lowest BCUT2D eigenvalue weighted by molar-refractivity contribution is -0.0571. The minimum atomic E-state index is -0.0886. The first kappa shape index (κ1) is 22.6. The van der Waals surface area contributed by atoms with Crippen LogP contribution in [-0.4, -0.2) is 11.2 Å². The van der Waals surface area contributed by atoms with E-state index in [1.54, 1.807) is 5.57 Å². The summed E-state index contributed by atoms with van der Waals surface area (Å²) in [4.78, 5) is 0. The summed E-state index contributed by atoms with van der Waals surface area (Å²) in [6.45, 7) is 19.1. The van der Waals surface area contributed by atoms with Gasteiger partial charge in [0.15, 0.2) is 0 Å². The molecule has 0 aromatic heterocycles. The summed E-state index contributed by atoms with van der Waals surface area (Å²) in [5, 5.41) is 10.2. The molecule has 0 aromatic carbocycles. The highest BCUT2D eigenvalue weighted by molar-refractivity contribution is 5.25. The molecule has 0 radical (unpaired) electrons. The maximum atomic E-state index is 10.2. The van der Waals surface area contributed by atoms with Gasteiger partial charge in [-0.05, 0) is 110 Å². The van der Waals surface area contributed by atoms with E-state index in [0.717, 1.165) is 42.4 Å². The normalized spacial score (nSPS) is 44.5. The molecule has 8 atom stereocenters. The fraction of sp³-hybridized carbons (Fsp3) is 0.862. The van der Waals surface area contributed by atoms with Gasteiger partial charge in [-0.2, -0.15) is 0 Å². The first-order chi connectivity index (χ1) is 14.0. The third kappa shape index (κ3) is 3.66. The van der Waals surface area contributed by atoms with E-state index in [0.29, 0.717) is 10.8 Å². The number of fused-ring (bicyclic) bond motifs is 5. The summed E-state index contributed by atoms with van der Waals surface area (Å²) in [7, 11) is 0. The van der Waals surface area contributed by atoms with Crippen LogP contribution in [-0.2, 0) is 0 Å². The van der Waals surface area contributed by atoms with Gasteiger partial charge >= 0.3 is 0 Å². The van der Waals surface area contributed by atoms with Crippen LogP contribution in [0.15, 0.2) is 23.8 Å². The van der Waals surface area contributed by atoms with Crippen molar-refractivity contribution in [1.82, 2.24) is 0 Å². The molecule has 0 aliphatic heterocycles. The Balaban J connectivity index is 1.48. The van der Waals surface area contributed by atoms with Crippen LogP contribution in [0.2, 0.25) is 0 Å². The Bertz CT molecular complexity index is 696. The van der Waals surface area contributed by atoms with Crippen molar-refractivity contribution in [2.75, 3.05) is 0 Å². The van der Waals surface area contributed by atoms with Crippen molar-refractivity contribution in [3.05, 3.63) is 23.8 Å². The molecular formula is C29H48O. The minimum Gasteiger partial charge on any atom is -0.393 e. The van der Waals surface area contributed by atoms with E-state index in [9.17, 15) is 5.11 Å². The second-order valence-electron chi connectivity index (χ2n) is 13.3. The average Bonchev–Trinajstić information content (AvgIpc) is 3.03. The summed E-state index contributed by atoms with van der Waals surface area (Å²) >= 11 is 0. The van der Waals surface area contributed by atoms with E-state index in [1.165, 1.54) is 56.9 Å². The van der Waals surface area contributed by atoms with Gasteiger partial charge in [0.05, 0.1) is 6.10 Å². The molecule has 4 rings (SSSR count). The summed E-state index contributed by atoms with van der Waals surface area (Å²) in [6, 6.07) is 0. The van der Waals surface area contributed by atoms with Gasteiger partial charge in [0.2, 0.25) is 0 Å². The summed E-state index contributed by atoms with van der Waals surface area (Å²) in [5.74, 6) is 4.36. The monoisotopic (exact) mass is 412 g/mol. The lowest BCUT2D eigenvalue weighted by Gasteiger charge is -2.58.